The lowest BCUT2D eigenvalue weighted by Crippen LogP contribution is -2.35. The van der Waals surface area contributed by atoms with Gasteiger partial charge in [0.05, 0.1) is 6.54 Å². The van der Waals surface area contributed by atoms with Crippen molar-refractivity contribution in [2.45, 2.75) is 26.8 Å². The zero-order valence-electron chi connectivity index (χ0n) is 18.3. The van der Waals surface area contributed by atoms with Crippen LogP contribution in [0.15, 0.2) is 59.1 Å². The van der Waals surface area contributed by atoms with Crippen LogP contribution in [0.2, 0.25) is 0 Å². The minimum absolute atomic E-state index is 0.0683. The second-order valence-electron chi connectivity index (χ2n) is 8.10. The highest BCUT2D eigenvalue weighted by Gasteiger charge is 2.27. The molecule has 4 aromatic rings. The fourth-order valence-electron chi connectivity index (χ4n) is 4.02. The van der Waals surface area contributed by atoms with Gasteiger partial charge in [-0.15, -0.1) is 0 Å². The van der Waals surface area contributed by atoms with Crippen molar-refractivity contribution in [3.8, 4) is 11.3 Å². The van der Waals surface area contributed by atoms with Crippen molar-refractivity contribution >= 4 is 17.5 Å². The quantitative estimate of drug-likeness (QED) is 0.486. The first-order valence-corrected chi connectivity index (χ1v) is 10.7. The van der Waals surface area contributed by atoms with E-state index in [1.165, 1.54) is 12.1 Å². The molecule has 0 atom stereocenters. The molecule has 8 heteroatoms. The lowest BCUT2D eigenvalue weighted by Gasteiger charge is -2.26. The standard InChI is InChI=1S/C25H22FN5O2/c1-15-13-16(2)28-25(27-15)29-20-9-5-18(6-10-20)24(32)31-12-11-21-22(14-31)30-33-23(21)17-3-7-19(26)8-4-17/h3-10,13H,11-12,14H2,1-2H3,(H,27,28,29). The molecule has 2 aromatic carbocycles. The van der Waals surface area contributed by atoms with E-state index in [0.717, 1.165) is 33.9 Å². The fraction of sp³-hybridized carbons (Fsp3) is 0.200. The van der Waals surface area contributed by atoms with E-state index in [-0.39, 0.29) is 11.7 Å². The van der Waals surface area contributed by atoms with Gasteiger partial charge in [0, 0.05) is 40.3 Å². The molecular formula is C25H22FN5O2. The van der Waals surface area contributed by atoms with Gasteiger partial charge in [-0.3, -0.25) is 4.79 Å². The number of fused-ring (bicyclic) bond motifs is 1. The molecule has 0 unspecified atom stereocenters. The number of anilines is 2. The van der Waals surface area contributed by atoms with Crippen LogP contribution in [0.1, 0.15) is 33.0 Å². The van der Waals surface area contributed by atoms with Crippen LogP contribution in [0, 0.1) is 19.7 Å². The van der Waals surface area contributed by atoms with E-state index in [0.29, 0.717) is 36.8 Å². The molecular weight excluding hydrogens is 421 g/mol. The minimum Gasteiger partial charge on any atom is -0.356 e. The van der Waals surface area contributed by atoms with Gasteiger partial charge in [-0.2, -0.15) is 0 Å². The first-order chi connectivity index (χ1) is 16.0. The second-order valence-corrected chi connectivity index (χ2v) is 8.10. The van der Waals surface area contributed by atoms with E-state index in [4.69, 9.17) is 4.52 Å². The molecule has 33 heavy (non-hydrogen) atoms. The number of halogens is 1. The molecule has 0 radical (unpaired) electrons. The Morgan fingerprint density at radius 2 is 1.73 bits per heavy atom. The third kappa shape index (κ3) is 4.32. The Balaban J connectivity index is 1.28. The topological polar surface area (TPSA) is 84.2 Å². The number of carbonyl (C=O) groups is 1. The third-order valence-electron chi connectivity index (χ3n) is 5.61. The van der Waals surface area contributed by atoms with Crippen molar-refractivity contribution < 1.29 is 13.7 Å². The normalized spacial score (nSPS) is 13.0. The maximum Gasteiger partial charge on any atom is 0.254 e. The Labute approximate surface area is 190 Å². The first kappa shape index (κ1) is 20.8. The van der Waals surface area contributed by atoms with E-state index in [1.54, 1.807) is 29.2 Å². The molecule has 5 rings (SSSR count). The maximum absolute atomic E-state index is 13.2. The van der Waals surface area contributed by atoms with E-state index in [2.05, 4.69) is 20.4 Å². The molecule has 0 bridgehead atoms. The molecule has 2 aromatic heterocycles. The predicted molar refractivity (Wildman–Crippen MR) is 122 cm³/mol. The van der Waals surface area contributed by atoms with Crippen LogP contribution >= 0.6 is 0 Å². The van der Waals surface area contributed by atoms with Crippen molar-refractivity contribution in [1.82, 2.24) is 20.0 Å². The Morgan fingerprint density at radius 1 is 1.03 bits per heavy atom. The van der Waals surface area contributed by atoms with Gasteiger partial charge in [-0.25, -0.2) is 14.4 Å². The number of amides is 1. The molecule has 3 heterocycles. The molecule has 0 aliphatic carbocycles. The Morgan fingerprint density at radius 3 is 2.42 bits per heavy atom. The summed E-state index contributed by atoms with van der Waals surface area (Å²) in [4.78, 5) is 23.6. The van der Waals surface area contributed by atoms with Gasteiger partial charge in [0.2, 0.25) is 5.95 Å². The zero-order valence-corrected chi connectivity index (χ0v) is 18.3. The van der Waals surface area contributed by atoms with Gasteiger partial charge in [0.15, 0.2) is 5.76 Å². The summed E-state index contributed by atoms with van der Waals surface area (Å²) in [7, 11) is 0. The van der Waals surface area contributed by atoms with Crippen LogP contribution in [0.3, 0.4) is 0 Å². The van der Waals surface area contributed by atoms with Crippen molar-refractivity contribution in [1.29, 1.82) is 0 Å². The van der Waals surface area contributed by atoms with Crippen LogP contribution < -0.4 is 5.32 Å². The second kappa shape index (κ2) is 8.46. The van der Waals surface area contributed by atoms with Crippen molar-refractivity contribution in [3.05, 3.63) is 88.6 Å². The third-order valence-corrected chi connectivity index (χ3v) is 5.61. The van der Waals surface area contributed by atoms with E-state index < -0.39 is 0 Å². The van der Waals surface area contributed by atoms with Crippen molar-refractivity contribution in [2.24, 2.45) is 0 Å². The predicted octanol–water partition coefficient (Wildman–Crippen LogP) is 4.83. The van der Waals surface area contributed by atoms with Gasteiger partial charge >= 0.3 is 0 Å². The summed E-state index contributed by atoms with van der Waals surface area (Å²) in [5, 5.41) is 7.34. The first-order valence-electron chi connectivity index (χ1n) is 10.7. The number of hydrogen-bond acceptors (Lipinski definition) is 6. The molecule has 0 spiro atoms. The van der Waals surface area contributed by atoms with Crippen LogP contribution in [0.5, 0.6) is 0 Å². The Kier molecular flexibility index (Phi) is 5.34. The van der Waals surface area contributed by atoms with Gasteiger partial charge in [-0.05, 0) is 74.9 Å². The minimum atomic E-state index is -0.299. The number of rotatable bonds is 4. The summed E-state index contributed by atoms with van der Waals surface area (Å²) in [5.74, 6) is 0.798. The summed E-state index contributed by atoms with van der Waals surface area (Å²) in [5.41, 5.74) is 5.65. The smallest absolute Gasteiger partial charge is 0.254 e. The summed E-state index contributed by atoms with van der Waals surface area (Å²) in [6, 6.07) is 15.3. The van der Waals surface area contributed by atoms with E-state index >= 15 is 0 Å². The average molecular weight is 443 g/mol. The largest absolute Gasteiger partial charge is 0.356 e. The highest BCUT2D eigenvalue weighted by molar-refractivity contribution is 5.94. The van der Waals surface area contributed by atoms with Crippen LogP contribution in [0.25, 0.3) is 11.3 Å². The molecule has 0 saturated heterocycles. The molecule has 166 valence electrons. The van der Waals surface area contributed by atoms with Crippen LogP contribution in [-0.4, -0.2) is 32.5 Å². The Hall–Kier alpha value is -4.07. The summed E-state index contributed by atoms with van der Waals surface area (Å²) >= 11 is 0. The van der Waals surface area contributed by atoms with Gasteiger partial charge in [0.1, 0.15) is 11.5 Å². The average Bonchev–Trinajstić information content (AvgIpc) is 3.22. The number of benzene rings is 2. The monoisotopic (exact) mass is 443 g/mol. The van der Waals surface area contributed by atoms with Gasteiger partial charge < -0.3 is 14.7 Å². The number of nitrogens with zero attached hydrogens (tertiary/aromatic N) is 4. The molecule has 1 aliphatic heterocycles. The van der Waals surface area contributed by atoms with E-state index in [9.17, 15) is 9.18 Å². The lowest BCUT2D eigenvalue weighted by molar-refractivity contribution is 0.0731. The van der Waals surface area contributed by atoms with Gasteiger partial charge in [0.25, 0.3) is 5.91 Å². The molecule has 1 N–H and O–H groups in total. The number of hydrogen-bond donors (Lipinski definition) is 1. The Bertz CT molecular complexity index is 1300. The number of aryl methyl sites for hydroxylation is 2. The molecule has 1 aliphatic rings. The molecule has 0 saturated carbocycles. The van der Waals surface area contributed by atoms with Crippen LogP contribution in [-0.2, 0) is 13.0 Å². The van der Waals surface area contributed by atoms with Crippen molar-refractivity contribution in [2.75, 3.05) is 11.9 Å². The molecule has 0 fully saturated rings. The van der Waals surface area contributed by atoms with Gasteiger partial charge in [-0.1, -0.05) is 5.16 Å². The number of aromatic nitrogens is 3. The molecule has 1 amide bonds. The highest BCUT2D eigenvalue weighted by atomic mass is 19.1. The van der Waals surface area contributed by atoms with Crippen LogP contribution in [0.4, 0.5) is 16.0 Å². The summed E-state index contributed by atoms with van der Waals surface area (Å²) in [6.07, 6.45) is 0.626. The fourth-order valence-corrected chi connectivity index (χ4v) is 4.02. The SMILES string of the molecule is Cc1cc(C)nc(Nc2ccc(C(=O)N3CCc4c(noc4-c4ccc(F)cc4)C3)cc2)n1. The van der Waals surface area contributed by atoms with Crippen molar-refractivity contribution in [3.63, 3.8) is 0 Å². The van der Waals surface area contributed by atoms with E-state index in [1.807, 2.05) is 32.0 Å². The number of nitrogens with one attached hydrogen (secondary N) is 1. The molecule has 7 nitrogen and oxygen atoms in total. The lowest BCUT2D eigenvalue weighted by atomic mass is 10.00. The maximum atomic E-state index is 13.2. The zero-order chi connectivity index (χ0) is 22.9. The number of carbonyl (C=O) groups excluding carboxylic acids is 1. The summed E-state index contributed by atoms with van der Waals surface area (Å²) in [6.45, 7) is 4.76. The highest BCUT2D eigenvalue weighted by Crippen LogP contribution is 2.31. The summed E-state index contributed by atoms with van der Waals surface area (Å²) < 4.78 is 18.8.